The van der Waals surface area contributed by atoms with Gasteiger partial charge in [0.1, 0.15) is 5.54 Å². The van der Waals surface area contributed by atoms with E-state index in [1.807, 2.05) is 44.2 Å². The summed E-state index contributed by atoms with van der Waals surface area (Å²) in [6, 6.07) is 16.0. The normalized spacial score (nSPS) is 18.6. The van der Waals surface area contributed by atoms with Crippen molar-refractivity contribution in [3.05, 3.63) is 77.0 Å². The highest BCUT2D eigenvalue weighted by Gasteiger charge is 2.49. The molecule has 2 N–H and O–H groups in total. The second-order valence-corrected chi connectivity index (χ2v) is 7.59. The zero-order valence-electron chi connectivity index (χ0n) is 17.0. The van der Waals surface area contributed by atoms with Gasteiger partial charge in [0.15, 0.2) is 0 Å². The second-order valence-electron chi connectivity index (χ2n) is 7.59. The zero-order valence-corrected chi connectivity index (χ0v) is 17.0. The monoisotopic (exact) mass is 402 g/mol. The summed E-state index contributed by atoms with van der Waals surface area (Å²) in [5, 5.41) is 4.40. The number of aromatic nitrogens is 1. The van der Waals surface area contributed by atoms with E-state index in [0.29, 0.717) is 5.56 Å². The van der Waals surface area contributed by atoms with Gasteiger partial charge in [0.2, 0.25) is 5.91 Å². The van der Waals surface area contributed by atoms with Crippen LogP contribution in [0.3, 0.4) is 0 Å². The number of hydrogen-bond acceptors (Lipinski definition) is 4. The molecule has 30 heavy (non-hydrogen) atoms. The van der Waals surface area contributed by atoms with Crippen molar-refractivity contribution < 1.29 is 14.4 Å². The van der Waals surface area contributed by atoms with Gasteiger partial charge in [-0.1, -0.05) is 48.5 Å². The Morgan fingerprint density at radius 3 is 2.47 bits per heavy atom. The zero-order chi connectivity index (χ0) is 21.5. The van der Waals surface area contributed by atoms with Crippen molar-refractivity contribution in [1.82, 2.24) is 20.7 Å². The van der Waals surface area contributed by atoms with E-state index in [9.17, 15) is 14.4 Å². The van der Waals surface area contributed by atoms with Crippen LogP contribution in [0.4, 0.5) is 4.79 Å². The number of pyridine rings is 1. The molecule has 152 valence electrons. The largest absolute Gasteiger partial charge is 0.344 e. The Kier molecular flexibility index (Phi) is 4.73. The molecule has 1 atom stereocenters. The number of amides is 4. The Labute approximate surface area is 174 Å². The molecule has 1 aromatic heterocycles. The number of imide groups is 1. The molecule has 0 radical (unpaired) electrons. The number of urea groups is 1. The van der Waals surface area contributed by atoms with Crippen LogP contribution < -0.4 is 10.7 Å². The number of hydrazine groups is 1. The first-order valence-electron chi connectivity index (χ1n) is 9.68. The Morgan fingerprint density at radius 2 is 1.73 bits per heavy atom. The average Bonchev–Trinajstić information content (AvgIpc) is 2.96. The maximum Gasteiger partial charge on any atom is 0.344 e. The van der Waals surface area contributed by atoms with Gasteiger partial charge in [-0.2, -0.15) is 5.01 Å². The second kappa shape index (κ2) is 7.26. The van der Waals surface area contributed by atoms with Gasteiger partial charge in [0.25, 0.3) is 5.91 Å². The third-order valence-electron chi connectivity index (χ3n) is 5.60. The van der Waals surface area contributed by atoms with Gasteiger partial charge in [0, 0.05) is 11.1 Å². The van der Waals surface area contributed by atoms with Gasteiger partial charge in [-0.05, 0) is 43.5 Å². The predicted octanol–water partition coefficient (Wildman–Crippen LogP) is 2.89. The van der Waals surface area contributed by atoms with E-state index in [0.717, 1.165) is 32.7 Å². The van der Waals surface area contributed by atoms with E-state index in [1.165, 1.54) is 0 Å². The Hall–Kier alpha value is -3.74. The lowest BCUT2D eigenvalue weighted by Crippen LogP contribution is -2.48. The molecular weight excluding hydrogens is 380 g/mol. The number of nitrogens with zero attached hydrogens (tertiary/aromatic N) is 2. The lowest BCUT2D eigenvalue weighted by Gasteiger charge is -2.22. The van der Waals surface area contributed by atoms with Crippen LogP contribution in [0, 0.1) is 13.8 Å². The number of hydrogen-bond donors (Lipinski definition) is 2. The van der Waals surface area contributed by atoms with Gasteiger partial charge in [-0.25, -0.2) is 4.79 Å². The van der Waals surface area contributed by atoms with Crippen LogP contribution >= 0.6 is 0 Å². The molecule has 4 amide bonds. The molecule has 0 saturated carbocycles. The third-order valence-corrected chi connectivity index (χ3v) is 5.60. The van der Waals surface area contributed by atoms with Crippen LogP contribution in [-0.4, -0.2) is 27.8 Å². The molecule has 1 aliphatic rings. The molecule has 7 heteroatoms. The maximum atomic E-state index is 13.0. The van der Waals surface area contributed by atoms with Crippen LogP contribution in [-0.2, 0) is 21.5 Å². The molecule has 2 heterocycles. The lowest BCUT2D eigenvalue weighted by molar-refractivity contribution is -0.138. The molecule has 1 saturated heterocycles. The first kappa shape index (κ1) is 19.6. The van der Waals surface area contributed by atoms with Crippen LogP contribution in [0.25, 0.3) is 10.9 Å². The Morgan fingerprint density at radius 1 is 1.07 bits per heavy atom. The molecule has 0 unspecified atom stereocenters. The van der Waals surface area contributed by atoms with E-state index < -0.39 is 23.4 Å². The summed E-state index contributed by atoms with van der Waals surface area (Å²) in [4.78, 5) is 42.7. The van der Waals surface area contributed by atoms with Crippen molar-refractivity contribution in [3.63, 3.8) is 0 Å². The number of fused-ring (bicyclic) bond motifs is 1. The highest BCUT2D eigenvalue weighted by atomic mass is 16.2. The fourth-order valence-corrected chi connectivity index (χ4v) is 3.86. The molecule has 7 nitrogen and oxygen atoms in total. The van der Waals surface area contributed by atoms with E-state index in [-0.39, 0.29) is 6.42 Å². The third kappa shape index (κ3) is 3.18. The number of para-hydroxylation sites is 1. The van der Waals surface area contributed by atoms with Gasteiger partial charge in [-0.15, -0.1) is 0 Å². The van der Waals surface area contributed by atoms with Crippen molar-refractivity contribution in [2.45, 2.75) is 32.7 Å². The molecule has 3 aromatic rings. The molecule has 1 fully saturated rings. The van der Waals surface area contributed by atoms with E-state index >= 15 is 0 Å². The summed E-state index contributed by atoms with van der Waals surface area (Å²) < 4.78 is 0. The van der Waals surface area contributed by atoms with Crippen molar-refractivity contribution in [2.24, 2.45) is 0 Å². The number of benzene rings is 2. The molecule has 0 spiro atoms. The molecule has 4 rings (SSSR count). The summed E-state index contributed by atoms with van der Waals surface area (Å²) in [5.74, 6) is -0.990. The van der Waals surface area contributed by atoms with Crippen molar-refractivity contribution >= 4 is 28.7 Å². The summed E-state index contributed by atoms with van der Waals surface area (Å²) in [6.45, 7) is 5.42. The Balaban J connectivity index is 1.56. The Bertz CT molecular complexity index is 1180. The summed E-state index contributed by atoms with van der Waals surface area (Å²) in [6.07, 6.45) is 0.00854. The standard InChI is InChI=1S/C23H22N4O3/c1-14-17-11-7-8-12-19(17)24-15(2)18(14)13-20(28)26-27-21(29)23(3,25-22(27)30)16-9-5-4-6-10-16/h4-12H,13H2,1-3H3,(H,25,30)(H,26,28)/t23-/m0/s1. The highest BCUT2D eigenvalue weighted by molar-refractivity contribution is 6.08. The van der Waals surface area contributed by atoms with Gasteiger partial charge < -0.3 is 5.32 Å². The highest BCUT2D eigenvalue weighted by Crippen LogP contribution is 2.28. The summed E-state index contributed by atoms with van der Waals surface area (Å²) in [7, 11) is 0. The minimum absolute atomic E-state index is 0.00854. The summed E-state index contributed by atoms with van der Waals surface area (Å²) >= 11 is 0. The quantitative estimate of drug-likeness (QED) is 0.657. The fourth-order valence-electron chi connectivity index (χ4n) is 3.86. The molecule has 2 aromatic carbocycles. The first-order valence-corrected chi connectivity index (χ1v) is 9.68. The number of nitrogens with one attached hydrogen (secondary N) is 2. The van der Waals surface area contributed by atoms with Gasteiger partial charge in [-0.3, -0.25) is 20.0 Å². The van der Waals surface area contributed by atoms with Crippen LogP contribution in [0.5, 0.6) is 0 Å². The maximum absolute atomic E-state index is 13.0. The SMILES string of the molecule is Cc1nc2ccccc2c(C)c1CC(=O)NN1C(=O)N[C@@](C)(c2ccccc2)C1=O. The van der Waals surface area contributed by atoms with E-state index in [1.54, 1.807) is 31.2 Å². The van der Waals surface area contributed by atoms with E-state index in [2.05, 4.69) is 15.7 Å². The van der Waals surface area contributed by atoms with E-state index in [4.69, 9.17) is 0 Å². The number of carbonyl (C=O) groups is 3. The van der Waals surface area contributed by atoms with Crippen molar-refractivity contribution in [2.75, 3.05) is 0 Å². The van der Waals surface area contributed by atoms with Gasteiger partial charge >= 0.3 is 6.03 Å². The average molecular weight is 402 g/mol. The first-order chi connectivity index (χ1) is 14.3. The van der Waals surface area contributed by atoms with Crippen molar-refractivity contribution in [3.8, 4) is 0 Å². The fraction of sp³-hybridized carbons (Fsp3) is 0.217. The van der Waals surface area contributed by atoms with Crippen LogP contribution in [0.2, 0.25) is 0 Å². The van der Waals surface area contributed by atoms with Crippen LogP contribution in [0.15, 0.2) is 54.6 Å². The minimum Gasteiger partial charge on any atom is -0.318 e. The van der Waals surface area contributed by atoms with Crippen molar-refractivity contribution in [1.29, 1.82) is 0 Å². The number of aryl methyl sites for hydroxylation is 2. The minimum atomic E-state index is -1.23. The molecular formula is C23H22N4O3. The summed E-state index contributed by atoms with van der Waals surface area (Å²) in [5.41, 5.74) is 5.22. The smallest absolute Gasteiger partial charge is 0.318 e. The topological polar surface area (TPSA) is 91.4 Å². The van der Waals surface area contributed by atoms with Gasteiger partial charge in [0.05, 0.1) is 11.9 Å². The molecule has 1 aliphatic heterocycles. The predicted molar refractivity (Wildman–Crippen MR) is 112 cm³/mol. The lowest BCUT2D eigenvalue weighted by atomic mass is 9.92. The number of carbonyl (C=O) groups excluding carboxylic acids is 3. The number of rotatable bonds is 4. The molecule has 0 aliphatic carbocycles. The van der Waals surface area contributed by atoms with Crippen LogP contribution in [0.1, 0.15) is 29.3 Å². The molecule has 0 bridgehead atoms.